The van der Waals surface area contributed by atoms with Crippen molar-refractivity contribution >= 4 is 22.3 Å². The van der Waals surface area contributed by atoms with E-state index in [1.165, 1.54) is 0 Å². The monoisotopic (exact) mass is 262 g/mol. The summed E-state index contributed by atoms with van der Waals surface area (Å²) in [5.41, 5.74) is 0. The summed E-state index contributed by atoms with van der Waals surface area (Å²) >= 11 is -1.95. The molecule has 1 atom stereocenters. The first-order valence-corrected chi connectivity index (χ1v) is 9.53. The van der Waals surface area contributed by atoms with Gasteiger partial charge in [0.2, 0.25) is 0 Å². The van der Waals surface area contributed by atoms with Gasteiger partial charge in [-0.25, -0.2) is 0 Å². The van der Waals surface area contributed by atoms with E-state index in [4.69, 9.17) is 5.71 Å². The SMILES string of the molecule is CC[O][In]([CH2]C)[O]C(C)CC. The van der Waals surface area contributed by atoms with Gasteiger partial charge in [-0.1, -0.05) is 0 Å². The molecule has 11 heavy (non-hydrogen) atoms. The van der Waals surface area contributed by atoms with Crippen LogP contribution in [0.1, 0.15) is 34.1 Å². The summed E-state index contributed by atoms with van der Waals surface area (Å²) < 4.78 is 12.5. The standard InChI is InChI=1S/C4H9O.C2H5O.C2H5.In/c1-3-4(2)5;1-2-3;1-2;/h4H,3H2,1-2H3;2H2,1H3;1H2,2H3;/q2*-1;;+2. The van der Waals surface area contributed by atoms with Gasteiger partial charge in [0.1, 0.15) is 0 Å². The number of hydrogen-bond donors (Lipinski definition) is 0. The van der Waals surface area contributed by atoms with Crippen molar-refractivity contribution < 1.29 is 5.71 Å². The van der Waals surface area contributed by atoms with Gasteiger partial charge in [0.25, 0.3) is 0 Å². The van der Waals surface area contributed by atoms with Gasteiger partial charge in [0.15, 0.2) is 0 Å². The second-order valence-corrected chi connectivity index (χ2v) is 9.16. The molecule has 0 aromatic rings. The van der Waals surface area contributed by atoms with Crippen molar-refractivity contribution in [3.05, 3.63) is 0 Å². The predicted molar refractivity (Wildman–Crippen MR) is 48.7 cm³/mol. The first-order chi connectivity index (χ1) is 5.24. The van der Waals surface area contributed by atoms with E-state index in [1.807, 2.05) is 6.92 Å². The van der Waals surface area contributed by atoms with Crippen LogP contribution in [0.4, 0.5) is 0 Å². The van der Waals surface area contributed by atoms with E-state index in [1.54, 1.807) is 0 Å². The second kappa shape index (κ2) is 7.44. The molecule has 0 saturated carbocycles. The van der Waals surface area contributed by atoms with Crippen molar-refractivity contribution in [1.82, 2.24) is 0 Å². The zero-order valence-electron chi connectivity index (χ0n) is 8.09. The molecule has 0 bridgehead atoms. The molecule has 0 aliphatic rings. The molecule has 0 N–H and O–H groups in total. The van der Waals surface area contributed by atoms with Crippen LogP contribution >= 0.6 is 0 Å². The minimum absolute atomic E-state index is 0.405. The van der Waals surface area contributed by atoms with E-state index in [0.717, 1.165) is 17.2 Å². The molecular formula is C8H19InO2. The molecule has 0 aliphatic carbocycles. The van der Waals surface area contributed by atoms with E-state index in [9.17, 15) is 0 Å². The maximum atomic E-state index is 5.78. The van der Waals surface area contributed by atoms with Crippen LogP contribution in [0, 0.1) is 0 Å². The molecule has 3 heteroatoms. The summed E-state index contributed by atoms with van der Waals surface area (Å²) in [5.74, 6) is 0. The first-order valence-electron chi connectivity index (χ1n) is 4.51. The second-order valence-electron chi connectivity index (χ2n) is 2.65. The Morgan fingerprint density at radius 3 is 2.27 bits per heavy atom. The molecule has 0 rings (SSSR count). The average Bonchev–Trinajstić information content (AvgIpc) is 2.03. The Bertz CT molecular complexity index is 88.2. The fourth-order valence-electron chi connectivity index (χ4n) is 0.795. The van der Waals surface area contributed by atoms with Gasteiger partial charge >= 0.3 is 79.0 Å². The van der Waals surface area contributed by atoms with Crippen molar-refractivity contribution in [2.75, 3.05) is 6.61 Å². The molecule has 0 heterocycles. The molecule has 0 aliphatic heterocycles. The Balaban J connectivity index is 3.49. The topological polar surface area (TPSA) is 18.5 Å². The third-order valence-electron chi connectivity index (χ3n) is 1.64. The fourth-order valence-corrected chi connectivity index (χ4v) is 5.33. The summed E-state index contributed by atoms with van der Waals surface area (Å²) in [7, 11) is 0. The Kier molecular flexibility index (Phi) is 7.97. The van der Waals surface area contributed by atoms with Crippen molar-refractivity contribution in [2.45, 2.75) is 44.4 Å². The molecule has 0 amide bonds. The Morgan fingerprint density at radius 1 is 1.27 bits per heavy atom. The molecule has 0 spiro atoms. The van der Waals surface area contributed by atoms with E-state index < -0.39 is 22.3 Å². The van der Waals surface area contributed by atoms with Crippen molar-refractivity contribution in [1.29, 1.82) is 0 Å². The Labute approximate surface area is 79.0 Å². The van der Waals surface area contributed by atoms with E-state index in [0.29, 0.717) is 6.10 Å². The Hall–Kier alpha value is 0.790. The van der Waals surface area contributed by atoms with Gasteiger partial charge < -0.3 is 0 Å². The van der Waals surface area contributed by atoms with Gasteiger partial charge in [-0.15, -0.1) is 0 Å². The van der Waals surface area contributed by atoms with Crippen LogP contribution < -0.4 is 0 Å². The molecule has 66 valence electrons. The molecule has 1 unspecified atom stereocenters. The van der Waals surface area contributed by atoms with Gasteiger partial charge in [0, 0.05) is 0 Å². The maximum absolute atomic E-state index is 5.78. The van der Waals surface area contributed by atoms with Gasteiger partial charge in [-0.2, -0.15) is 0 Å². The minimum atomic E-state index is -1.95. The van der Waals surface area contributed by atoms with Crippen LogP contribution in [0.5, 0.6) is 0 Å². The quantitative estimate of drug-likeness (QED) is 0.731. The van der Waals surface area contributed by atoms with Gasteiger partial charge in [0.05, 0.1) is 0 Å². The summed E-state index contributed by atoms with van der Waals surface area (Å²) in [4.78, 5) is 0. The summed E-state index contributed by atoms with van der Waals surface area (Å²) in [6.07, 6.45) is 1.50. The van der Waals surface area contributed by atoms with Crippen LogP contribution in [-0.2, 0) is 5.71 Å². The first kappa shape index (κ1) is 11.8. The molecular weight excluding hydrogens is 243 g/mol. The average molecular weight is 262 g/mol. The fraction of sp³-hybridized carbons (Fsp3) is 1.00. The van der Waals surface area contributed by atoms with Crippen molar-refractivity contribution in [2.24, 2.45) is 0 Å². The van der Waals surface area contributed by atoms with Crippen molar-refractivity contribution in [3.63, 3.8) is 0 Å². The summed E-state index contributed by atoms with van der Waals surface area (Å²) in [5, 5.41) is 0. The van der Waals surface area contributed by atoms with Crippen LogP contribution in [0.15, 0.2) is 0 Å². The molecule has 0 fully saturated rings. The third-order valence-corrected chi connectivity index (χ3v) is 7.75. The van der Waals surface area contributed by atoms with E-state index >= 15 is 0 Å². The Morgan fingerprint density at radius 2 is 1.91 bits per heavy atom. The molecule has 0 saturated heterocycles. The summed E-state index contributed by atoms with van der Waals surface area (Å²) in [6.45, 7) is 9.30. The van der Waals surface area contributed by atoms with Gasteiger partial charge in [-0.3, -0.25) is 0 Å². The molecule has 2 nitrogen and oxygen atoms in total. The zero-order valence-corrected chi connectivity index (χ0v) is 11.4. The van der Waals surface area contributed by atoms with Crippen LogP contribution in [0.2, 0.25) is 4.18 Å². The molecule has 0 aromatic carbocycles. The van der Waals surface area contributed by atoms with E-state index in [2.05, 4.69) is 20.8 Å². The van der Waals surface area contributed by atoms with Crippen LogP contribution in [-0.4, -0.2) is 35.0 Å². The van der Waals surface area contributed by atoms with Crippen LogP contribution in [0.3, 0.4) is 0 Å². The normalized spacial score (nSPS) is 13.1. The zero-order chi connectivity index (χ0) is 8.69. The van der Waals surface area contributed by atoms with Gasteiger partial charge in [-0.05, 0) is 0 Å². The third kappa shape index (κ3) is 6.00. The molecule has 0 aromatic heterocycles. The van der Waals surface area contributed by atoms with Crippen LogP contribution in [0.25, 0.3) is 0 Å². The van der Waals surface area contributed by atoms with Crippen molar-refractivity contribution in [3.8, 4) is 0 Å². The number of rotatable bonds is 6. The summed E-state index contributed by atoms with van der Waals surface area (Å²) in [6, 6.07) is 0. The predicted octanol–water partition coefficient (Wildman–Crippen LogP) is 2.35. The van der Waals surface area contributed by atoms with E-state index in [-0.39, 0.29) is 0 Å². The number of hydrogen-bond acceptors (Lipinski definition) is 2. The molecule has 0 radical (unpaired) electrons.